The molecule has 2 amide bonds. The zero-order valence-corrected chi connectivity index (χ0v) is 18.9. The number of pyridine rings is 1. The van der Waals surface area contributed by atoms with Gasteiger partial charge in [0.15, 0.2) is 0 Å². The summed E-state index contributed by atoms with van der Waals surface area (Å²) in [6.45, 7) is 2.19. The Morgan fingerprint density at radius 1 is 1.09 bits per heavy atom. The van der Waals surface area contributed by atoms with Crippen molar-refractivity contribution in [3.05, 3.63) is 60.0 Å². The Bertz CT molecular complexity index is 1070. The largest absolute Gasteiger partial charge is 0.483 e. The molecule has 0 spiro atoms. The summed E-state index contributed by atoms with van der Waals surface area (Å²) in [5.41, 5.74) is 1.54. The van der Waals surface area contributed by atoms with Crippen molar-refractivity contribution in [2.24, 2.45) is 0 Å². The number of benzene rings is 1. The summed E-state index contributed by atoms with van der Waals surface area (Å²) in [5, 5.41) is 17.9. The van der Waals surface area contributed by atoms with Crippen molar-refractivity contribution in [2.45, 2.75) is 31.7 Å². The van der Waals surface area contributed by atoms with Crippen LogP contribution in [0.25, 0.3) is 11.0 Å². The van der Waals surface area contributed by atoms with Gasteiger partial charge >= 0.3 is 0 Å². The first-order valence-electron chi connectivity index (χ1n) is 11.3. The van der Waals surface area contributed by atoms with Crippen molar-refractivity contribution in [3.63, 3.8) is 0 Å². The van der Waals surface area contributed by atoms with Crippen molar-refractivity contribution in [3.8, 4) is 0 Å². The van der Waals surface area contributed by atoms with Crippen molar-refractivity contribution in [2.75, 3.05) is 26.2 Å². The molecule has 10 nitrogen and oxygen atoms in total. The van der Waals surface area contributed by atoms with Gasteiger partial charge in [-0.05, 0) is 43.5 Å². The predicted octanol–water partition coefficient (Wildman–Crippen LogP) is 2.39. The third-order valence-electron chi connectivity index (χ3n) is 5.50. The molecule has 1 unspecified atom stereocenters. The minimum Gasteiger partial charge on any atom is -0.483 e. The number of carboxylic acid groups (broad SMARTS) is 1. The van der Waals surface area contributed by atoms with E-state index in [-0.39, 0.29) is 30.1 Å². The summed E-state index contributed by atoms with van der Waals surface area (Å²) in [6, 6.07) is 13.6. The highest BCUT2D eigenvalue weighted by molar-refractivity contribution is 6.02. The van der Waals surface area contributed by atoms with Crippen molar-refractivity contribution in [1.82, 2.24) is 25.7 Å². The van der Waals surface area contributed by atoms with Crippen LogP contribution in [0.15, 0.2) is 53.2 Å². The Labute approximate surface area is 197 Å². The lowest BCUT2D eigenvalue weighted by atomic mass is 10.0. The van der Waals surface area contributed by atoms with Gasteiger partial charge in [0, 0.05) is 38.3 Å². The molecule has 10 heteroatoms. The molecule has 0 bridgehead atoms. The van der Waals surface area contributed by atoms with Gasteiger partial charge in [-0.1, -0.05) is 35.5 Å². The van der Waals surface area contributed by atoms with E-state index in [0.717, 1.165) is 24.9 Å². The van der Waals surface area contributed by atoms with Crippen molar-refractivity contribution in [1.29, 1.82) is 0 Å². The molecule has 180 valence electrons. The quantitative estimate of drug-likeness (QED) is 0.489. The molecule has 1 aromatic carbocycles. The van der Waals surface area contributed by atoms with E-state index in [1.807, 2.05) is 30.3 Å². The maximum atomic E-state index is 13.1. The fourth-order valence-corrected chi connectivity index (χ4v) is 3.85. The molecule has 1 fully saturated rings. The van der Waals surface area contributed by atoms with Gasteiger partial charge in [-0.15, -0.1) is 0 Å². The molecule has 0 radical (unpaired) electrons. The van der Waals surface area contributed by atoms with Gasteiger partial charge in [0.2, 0.25) is 17.3 Å². The van der Waals surface area contributed by atoms with E-state index in [2.05, 4.69) is 20.8 Å². The number of amides is 2. The molecular weight excluding hydrogens is 438 g/mol. The van der Waals surface area contributed by atoms with Crippen LogP contribution in [0.1, 0.15) is 47.8 Å². The third-order valence-corrected chi connectivity index (χ3v) is 5.50. The summed E-state index contributed by atoms with van der Waals surface area (Å²) >= 11 is 0. The number of hydrogen-bond donors (Lipinski definition) is 3. The summed E-state index contributed by atoms with van der Waals surface area (Å²) in [4.78, 5) is 39.9. The maximum Gasteiger partial charge on any atom is 0.293 e. The highest BCUT2D eigenvalue weighted by atomic mass is 16.5. The van der Waals surface area contributed by atoms with Gasteiger partial charge in [-0.25, -0.2) is 4.98 Å². The van der Waals surface area contributed by atoms with E-state index >= 15 is 0 Å². The van der Waals surface area contributed by atoms with E-state index in [9.17, 15) is 9.59 Å². The van der Waals surface area contributed by atoms with Gasteiger partial charge in [0.25, 0.3) is 12.4 Å². The van der Waals surface area contributed by atoms with Crippen LogP contribution in [0.2, 0.25) is 0 Å². The number of nitrogens with zero attached hydrogens (tertiary/aromatic N) is 3. The molecule has 4 rings (SSSR count). The lowest BCUT2D eigenvalue weighted by Crippen LogP contribution is -2.35. The number of carbonyl (C=O) groups excluding carboxylic acids is 2. The fourth-order valence-electron chi connectivity index (χ4n) is 3.85. The predicted molar refractivity (Wildman–Crippen MR) is 125 cm³/mol. The monoisotopic (exact) mass is 467 g/mol. The van der Waals surface area contributed by atoms with Gasteiger partial charge < -0.3 is 25.2 Å². The van der Waals surface area contributed by atoms with Gasteiger partial charge in [-0.2, -0.15) is 0 Å². The smallest absolute Gasteiger partial charge is 0.293 e. The van der Waals surface area contributed by atoms with E-state index in [1.54, 1.807) is 23.2 Å². The van der Waals surface area contributed by atoms with Crippen LogP contribution in [-0.2, 0) is 9.59 Å². The molecule has 1 aliphatic rings. The van der Waals surface area contributed by atoms with Crippen LogP contribution in [0.5, 0.6) is 0 Å². The normalized spacial score (nSPS) is 17.8. The zero-order valence-electron chi connectivity index (χ0n) is 18.9. The molecule has 0 aliphatic carbocycles. The fraction of sp³-hybridized carbons (Fsp3) is 0.375. The molecule has 2 aromatic heterocycles. The Morgan fingerprint density at radius 3 is 2.65 bits per heavy atom. The molecular formula is C24H29N5O5. The Morgan fingerprint density at radius 2 is 1.85 bits per heavy atom. The highest BCUT2D eigenvalue weighted by Gasteiger charge is 2.23. The standard InChI is InChI=1S/C23H27N5O3.CH2O2/c29-20-16-19(17-8-2-1-3-9-17)24-11-4-5-14-28(15-7-13-25-20)23(30)21-18-10-6-12-26-22(18)27-31-21;2-1-3/h1-3,6,8-10,12,19,24H,4-5,7,11,13-16H2,(H,25,29);1H,(H,2,3). The van der Waals surface area contributed by atoms with E-state index < -0.39 is 0 Å². The van der Waals surface area contributed by atoms with Crippen molar-refractivity contribution < 1.29 is 24.0 Å². The van der Waals surface area contributed by atoms with E-state index in [0.29, 0.717) is 43.5 Å². The lowest BCUT2D eigenvalue weighted by Gasteiger charge is -2.21. The average molecular weight is 468 g/mol. The number of nitrogens with one attached hydrogen (secondary N) is 2. The number of hydrogen-bond acceptors (Lipinski definition) is 7. The molecule has 3 aromatic rings. The van der Waals surface area contributed by atoms with Crippen LogP contribution >= 0.6 is 0 Å². The van der Waals surface area contributed by atoms with Crippen molar-refractivity contribution >= 4 is 29.3 Å². The summed E-state index contributed by atoms with van der Waals surface area (Å²) in [7, 11) is 0. The number of aromatic nitrogens is 2. The van der Waals surface area contributed by atoms with Gasteiger partial charge in [0.05, 0.1) is 5.39 Å². The average Bonchev–Trinajstić information content (AvgIpc) is 3.29. The first kappa shape index (κ1) is 24.8. The minimum absolute atomic E-state index is 0.00535. The van der Waals surface area contributed by atoms with E-state index in [4.69, 9.17) is 14.4 Å². The number of fused-ring (bicyclic) bond motifs is 1. The molecule has 3 heterocycles. The molecule has 34 heavy (non-hydrogen) atoms. The second-order valence-electron chi connectivity index (χ2n) is 7.82. The second-order valence-corrected chi connectivity index (χ2v) is 7.82. The van der Waals surface area contributed by atoms with Crippen LogP contribution in [0.3, 0.4) is 0 Å². The van der Waals surface area contributed by atoms with Crippen LogP contribution in [0, 0.1) is 0 Å². The topological polar surface area (TPSA) is 138 Å². The van der Waals surface area contributed by atoms with Crippen LogP contribution < -0.4 is 10.6 Å². The first-order chi connectivity index (χ1) is 16.6. The molecule has 0 saturated carbocycles. The first-order valence-corrected chi connectivity index (χ1v) is 11.3. The highest BCUT2D eigenvalue weighted by Crippen LogP contribution is 2.19. The molecule has 3 N–H and O–H groups in total. The third kappa shape index (κ3) is 6.85. The summed E-state index contributed by atoms with van der Waals surface area (Å²) < 4.78 is 5.32. The number of rotatable bonds is 2. The molecule has 1 aliphatic heterocycles. The van der Waals surface area contributed by atoms with Crippen LogP contribution in [0.4, 0.5) is 0 Å². The van der Waals surface area contributed by atoms with Crippen LogP contribution in [-0.4, -0.2) is 64.6 Å². The Hall–Kier alpha value is -3.79. The Balaban J connectivity index is 0.00000103. The minimum atomic E-state index is -0.250. The zero-order chi connectivity index (χ0) is 24.2. The van der Waals surface area contributed by atoms with E-state index in [1.165, 1.54) is 0 Å². The summed E-state index contributed by atoms with van der Waals surface area (Å²) in [6.07, 6.45) is 4.44. The maximum absolute atomic E-state index is 13.1. The molecule has 1 atom stereocenters. The van der Waals surface area contributed by atoms with Gasteiger partial charge in [0.1, 0.15) is 0 Å². The molecule has 1 saturated heterocycles. The second kappa shape index (κ2) is 13.0. The number of carbonyl (C=O) groups is 3. The summed E-state index contributed by atoms with van der Waals surface area (Å²) in [5.74, 6) is 0.0383. The Kier molecular flexibility index (Phi) is 9.53. The van der Waals surface area contributed by atoms with Gasteiger partial charge in [-0.3, -0.25) is 14.4 Å². The SMILES string of the molecule is O=C1CC(c2ccccc2)NCCCCN(C(=O)c2onc3ncccc23)CCCN1.O=CO. The lowest BCUT2D eigenvalue weighted by molar-refractivity contribution is -0.123.